The maximum Gasteiger partial charge on any atom is 0.329 e. The molecule has 0 radical (unpaired) electrons. The van der Waals surface area contributed by atoms with E-state index in [9.17, 15) is 4.79 Å². The van der Waals surface area contributed by atoms with Gasteiger partial charge in [0.2, 0.25) is 0 Å². The number of carbonyl (C=O) groups excluding carboxylic acids is 1. The van der Waals surface area contributed by atoms with Crippen LogP contribution in [0.15, 0.2) is 6.20 Å². The summed E-state index contributed by atoms with van der Waals surface area (Å²) in [5.74, 6) is -0.111. The summed E-state index contributed by atoms with van der Waals surface area (Å²) in [6.07, 6.45) is 2.67. The Labute approximate surface area is 101 Å². The Bertz CT molecular complexity index is 420. The van der Waals surface area contributed by atoms with E-state index in [0.29, 0.717) is 4.77 Å². The van der Waals surface area contributed by atoms with Gasteiger partial charge in [-0.15, -0.1) is 0 Å². The zero-order chi connectivity index (χ0) is 12.3. The second-order valence-corrected chi connectivity index (χ2v) is 4.41. The number of aryl methyl sites for hydroxylation is 1. The lowest BCUT2D eigenvalue weighted by Crippen LogP contribution is -2.27. The molecule has 0 spiro atoms. The van der Waals surface area contributed by atoms with Gasteiger partial charge in [-0.05, 0) is 24.6 Å². The van der Waals surface area contributed by atoms with E-state index < -0.39 is 0 Å². The van der Waals surface area contributed by atoms with Crippen LogP contribution in [0.3, 0.4) is 0 Å². The molecule has 90 valence electrons. The molecule has 0 saturated heterocycles. The maximum absolute atomic E-state index is 11.8. The van der Waals surface area contributed by atoms with E-state index in [1.165, 1.54) is 7.11 Å². The first-order valence-corrected chi connectivity index (χ1v) is 5.80. The zero-order valence-corrected chi connectivity index (χ0v) is 10.9. The number of hydrogen-bond acceptors (Lipinski definition) is 3. The van der Waals surface area contributed by atoms with E-state index in [0.717, 1.165) is 12.1 Å². The molecule has 4 nitrogen and oxygen atoms in total. The zero-order valence-electron chi connectivity index (χ0n) is 10.1. The molecular weight excluding hydrogens is 224 g/mol. The molecule has 1 heterocycles. The monoisotopic (exact) mass is 242 g/mol. The van der Waals surface area contributed by atoms with Crippen LogP contribution in [0.5, 0.6) is 0 Å². The molecule has 0 aliphatic carbocycles. The Morgan fingerprint density at radius 2 is 2.25 bits per heavy atom. The summed E-state index contributed by atoms with van der Waals surface area (Å²) in [7, 11) is 1.40. The van der Waals surface area contributed by atoms with E-state index in [2.05, 4.69) is 4.98 Å². The Kier molecular flexibility index (Phi) is 4.29. The van der Waals surface area contributed by atoms with Gasteiger partial charge in [-0.1, -0.05) is 20.8 Å². The predicted octanol–water partition coefficient (Wildman–Crippen LogP) is 2.48. The van der Waals surface area contributed by atoms with Gasteiger partial charge in [-0.3, -0.25) is 0 Å². The molecule has 1 rings (SSSR count). The van der Waals surface area contributed by atoms with Crippen molar-refractivity contribution in [2.45, 2.75) is 33.2 Å². The molecule has 0 aliphatic rings. The minimum absolute atomic E-state index is 0.139. The number of aromatic nitrogens is 2. The number of ether oxygens (including phenoxy) is 1. The molecule has 1 aromatic rings. The molecule has 1 N–H and O–H groups in total. The Morgan fingerprint density at radius 1 is 1.62 bits per heavy atom. The van der Waals surface area contributed by atoms with E-state index in [-0.39, 0.29) is 17.9 Å². The van der Waals surface area contributed by atoms with Gasteiger partial charge in [0.25, 0.3) is 0 Å². The number of hydrogen-bond donors (Lipinski definition) is 1. The van der Waals surface area contributed by atoms with Crippen molar-refractivity contribution in [1.29, 1.82) is 0 Å². The van der Waals surface area contributed by atoms with Crippen LogP contribution in [0.4, 0.5) is 0 Å². The average molecular weight is 242 g/mol. The number of rotatable bonds is 4. The van der Waals surface area contributed by atoms with Crippen molar-refractivity contribution < 1.29 is 9.53 Å². The van der Waals surface area contributed by atoms with Gasteiger partial charge in [0.15, 0.2) is 4.77 Å². The number of methoxy groups -OCH3 is 1. The van der Waals surface area contributed by atoms with Gasteiger partial charge in [-0.2, -0.15) is 0 Å². The van der Waals surface area contributed by atoms with Gasteiger partial charge >= 0.3 is 5.97 Å². The topological polar surface area (TPSA) is 47.0 Å². The second kappa shape index (κ2) is 5.30. The molecule has 16 heavy (non-hydrogen) atoms. The second-order valence-electron chi connectivity index (χ2n) is 4.02. The van der Waals surface area contributed by atoms with Crippen LogP contribution < -0.4 is 0 Å². The van der Waals surface area contributed by atoms with Crippen molar-refractivity contribution in [3.8, 4) is 0 Å². The third-order valence-electron chi connectivity index (χ3n) is 2.61. The highest BCUT2D eigenvalue weighted by molar-refractivity contribution is 7.71. The number of nitrogens with zero attached hydrogens (tertiary/aromatic N) is 1. The number of imidazole rings is 1. The molecule has 0 aromatic carbocycles. The first-order valence-electron chi connectivity index (χ1n) is 5.39. The largest absolute Gasteiger partial charge is 0.467 e. The SMILES string of the molecule is CCc1c[nH]c(=S)n1C(C(=O)OC)C(C)C. The first kappa shape index (κ1) is 13.0. The minimum atomic E-state index is -0.348. The van der Waals surface area contributed by atoms with E-state index in [1.54, 1.807) is 0 Å². The van der Waals surface area contributed by atoms with Crippen molar-refractivity contribution >= 4 is 18.2 Å². The van der Waals surface area contributed by atoms with Crippen LogP contribution >= 0.6 is 12.2 Å². The molecular formula is C11H18N2O2S. The van der Waals surface area contributed by atoms with Crippen LogP contribution in [-0.4, -0.2) is 22.6 Å². The minimum Gasteiger partial charge on any atom is -0.467 e. The fourth-order valence-electron chi connectivity index (χ4n) is 1.79. The highest BCUT2D eigenvalue weighted by Crippen LogP contribution is 2.22. The van der Waals surface area contributed by atoms with E-state index >= 15 is 0 Å². The van der Waals surface area contributed by atoms with Crippen LogP contribution in [0.2, 0.25) is 0 Å². The Morgan fingerprint density at radius 3 is 2.69 bits per heavy atom. The molecule has 0 aliphatic heterocycles. The quantitative estimate of drug-likeness (QED) is 0.651. The molecule has 0 bridgehead atoms. The van der Waals surface area contributed by atoms with Crippen molar-refractivity contribution in [3.05, 3.63) is 16.7 Å². The molecule has 1 aromatic heterocycles. The summed E-state index contributed by atoms with van der Waals surface area (Å²) in [6, 6.07) is -0.348. The van der Waals surface area contributed by atoms with Crippen LogP contribution in [0.1, 0.15) is 32.5 Å². The van der Waals surface area contributed by atoms with Crippen molar-refractivity contribution in [2.75, 3.05) is 7.11 Å². The fraction of sp³-hybridized carbons (Fsp3) is 0.636. The predicted molar refractivity (Wildman–Crippen MR) is 64.9 cm³/mol. The third-order valence-corrected chi connectivity index (χ3v) is 2.92. The van der Waals surface area contributed by atoms with Gasteiger partial charge < -0.3 is 14.3 Å². The highest BCUT2D eigenvalue weighted by atomic mass is 32.1. The fourth-order valence-corrected chi connectivity index (χ4v) is 2.08. The normalized spacial score (nSPS) is 12.8. The molecule has 5 heteroatoms. The summed E-state index contributed by atoms with van der Waals surface area (Å²) in [5, 5.41) is 0. The number of aromatic amines is 1. The lowest BCUT2D eigenvalue weighted by molar-refractivity contribution is -0.146. The Hall–Kier alpha value is -1.10. The molecule has 1 atom stereocenters. The van der Waals surface area contributed by atoms with Crippen molar-refractivity contribution in [3.63, 3.8) is 0 Å². The third kappa shape index (κ3) is 2.35. The lowest BCUT2D eigenvalue weighted by Gasteiger charge is -2.21. The summed E-state index contributed by atoms with van der Waals surface area (Å²) in [6.45, 7) is 5.99. The first-order chi connectivity index (χ1) is 7.52. The maximum atomic E-state index is 11.8. The summed E-state index contributed by atoms with van der Waals surface area (Å²) >= 11 is 5.20. The van der Waals surface area contributed by atoms with Crippen molar-refractivity contribution in [1.82, 2.24) is 9.55 Å². The number of esters is 1. The highest BCUT2D eigenvalue weighted by Gasteiger charge is 2.27. The van der Waals surface area contributed by atoms with Crippen molar-refractivity contribution in [2.24, 2.45) is 5.92 Å². The van der Waals surface area contributed by atoms with Gasteiger partial charge in [0.05, 0.1) is 7.11 Å². The van der Waals surface area contributed by atoms with E-state index in [4.69, 9.17) is 17.0 Å². The average Bonchev–Trinajstić information content (AvgIpc) is 2.60. The molecule has 0 amide bonds. The standard InChI is InChI=1S/C11H18N2O2S/c1-5-8-6-12-11(16)13(8)9(7(2)3)10(14)15-4/h6-7,9H,5H2,1-4H3,(H,12,16). The summed E-state index contributed by atoms with van der Waals surface area (Å²) in [5.41, 5.74) is 1.02. The number of carbonyl (C=O) groups is 1. The van der Waals surface area contributed by atoms with Gasteiger partial charge in [0, 0.05) is 11.9 Å². The van der Waals surface area contributed by atoms with Gasteiger partial charge in [-0.25, -0.2) is 4.79 Å². The summed E-state index contributed by atoms with van der Waals surface area (Å²) < 4.78 is 7.26. The molecule has 0 saturated carbocycles. The van der Waals surface area contributed by atoms with Crippen LogP contribution in [0, 0.1) is 10.7 Å². The number of H-pyrrole nitrogens is 1. The van der Waals surface area contributed by atoms with E-state index in [1.807, 2.05) is 31.5 Å². The lowest BCUT2D eigenvalue weighted by atomic mass is 10.0. The van der Waals surface area contributed by atoms with Crippen LogP contribution in [0.25, 0.3) is 0 Å². The molecule has 0 fully saturated rings. The molecule has 1 unspecified atom stereocenters. The van der Waals surface area contributed by atoms with Gasteiger partial charge in [0.1, 0.15) is 6.04 Å². The summed E-state index contributed by atoms with van der Waals surface area (Å²) in [4.78, 5) is 14.7. The Balaban J connectivity index is 3.25. The van der Waals surface area contributed by atoms with Crippen LogP contribution in [-0.2, 0) is 16.0 Å². The smallest absolute Gasteiger partial charge is 0.329 e. The number of nitrogens with one attached hydrogen (secondary N) is 1.